The third-order valence-corrected chi connectivity index (χ3v) is 4.85. The Hall–Kier alpha value is -2.17. The van der Waals surface area contributed by atoms with Crippen molar-refractivity contribution in [2.45, 2.75) is 45.6 Å². The van der Waals surface area contributed by atoms with Gasteiger partial charge in [0.2, 0.25) is 0 Å². The van der Waals surface area contributed by atoms with Crippen LogP contribution in [0.5, 0.6) is 0 Å². The fraction of sp³-hybridized carbons (Fsp3) is 0.421. The van der Waals surface area contributed by atoms with Crippen molar-refractivity contribution in [3.05, 3.63) is 52.9 Å². The number of aryl methyl sites for hydroxylation is 1. The predicted octanol–water partition coefficient (Wildman–Crippen LogP) is 4.79. The molecule has 1 aromatic heterocycles. The van der Waals surface area contributed by atoms with Crippen LogP contribution in [0.1, 0.15) is 53.5 Å². The molecule has 0 atom stereocenters. The quantitative estimate of drug-likeness (QED) is 0.799. The lowest BCUT2D eigenvalue weighted by Gasteiger charge is -2.17. The van der Waals surface area contributed by atoms with Crippen LogP contribution in [-0.4, -0.2) is 16.9 Å². The van der Waals surface area contributed by atoms with Crippen molar-refractivity contribution in [1.29, 1.82) is 0 Å². The normalized spacial score (nSPS) is 15.0. The number of carbonyl (C=O) groups excluding carboxylic acids is 1. The van der Waals surface area contributed by atoms with Crippen LogP contribution >= 0.6 is 0 Å². The Bertz CT molecular complexity index is 761. The molecular formula is C19H22F2N2O. The lowest BCUT2D eigenvalue weighted by atomic mass is 10.1. The fourth-order valence-electron chi connectivity index (χ4n) is 3.69. The summed E-state index contributed by atoms with van der Waals surface area (Å²) in [7, 11) is 0. The van der Waals surface area contributed by atoms with Crippen molar-refractivity contribution in [1.82, 2.24) is 4.57 Å². The first-order valence-electron chi connectivity index (χ1n) is 8.38. The third kappa shape index (κ3) is 3.21. The van der Waals surface area contributed by atoms with Gasteiger partial charge >= 0.3 is 0 Å². The maximum absolute atomic E-state index is 13.6. The van der Waals surface area contributed by atoms with E-state index in [-0.39, 0.29) is 18.0 Å². The summed E-state index contributed by atoms with van der Waals surface area (Å²) in [4.78, 5) is 12.5. The summed E-state index contributed by atoms with van der Waals surface area (Å²) >= 11 is 0. The van der Waals surface area contributed by atoms with Crippen LogP contribution in [0.3, 0.4) is 0 Å². The number of aromatic nitrogens is 1. The highest BCUT2D eigenvalue weighted by Crippen LogP contribution is 2.33. The highest BCUT2D eigenvalue weighted by atomic mass is 19.1. The second-order valence-corrected chi connectivity index (χ2v) is 6.49. The molecule has 2 aromatic rings. The molecule has 0 unspecified atom stereocenters. The van der Waals surface area contributed by atoms with E-state index in [9.17, 15) is 13.6 Å². The molecule has 1 fully saturated rings. The first-order chi connectivity index (χ1) is 11.5. The van der Waals surface area contributed by atoms with Gasteiger partial charge in [-0.2, -0.15) is 0 Å². The van der Waals surface area contributed by atoms with Crippen molar-refractivity contribution in [2.75, 3.05) is 11.9 Å². The molecule has 1 heterocycles. The highest BCUT2D eigenvalue weighted by Gasteiger charge is 2.23. The molecule has 1 N–H and O–H groups in total. The van der Waals surface area contributed by atoms with Gasteiger partial charge in [-0.15, -0.1) is 0 Å². The van der Waals surface area contributed by atoms with Gasteiger partial charge in [-0.05, 0) is 44.9 Å². The molecule has 3 nitrogen and oxygen atoms in total. The van der Waals surface area contributed by atoms with Crippen molar-refractivity contribution < 1.29 is 13.6 Å². The van der Waals surface area contributed by atoms with E-state index in [1.165, 1.54) is 25.0 Å². The standard InChI is InChI=1S/C19H22F2N2O/c1-12-9-16(13(2)23(12)15-5-3-4-6-15)19(24)11-22-18-8-7-14(20)10-17(18)21/h7-10,15,22H,3-6,11H2,1-2H3. The minimum absolute atomic E-state index is 0.0164. The summed E-state index contributed by atoms with van der Waals surface area (Å²) in [6.45, 7) is 3.98. The average Bonchev–Trinajstić information content (AvgIpc) is 3.14. The molecule has 3 rings (SSSR count). The molecule has 128 valence electrons. The van der Waals surface area contributed by atoms with Crippen molar-refractivity contribution in [3.63, 3.8) is 0 Å². The molecule has 0 bridgehead atoms. The molecule has 1 aliphatic rings. The molecule has 0 spiro atoms. The van der Waals surface area contributed by atoms with E-state index in [0.717, 1.165) is 30.3 Å². The minimum Gasteiger partial charge on any atom is -0.375 e. The molecule has 24 heavy (non-hydrogen) atoms. The maximum Gasteiger partial charge on any atom is 0.183 e. The Kier molecular flexibility index (Phi) is 4.69. The van der Waals surface area contributed by atoms with Gasteiger partial charge in [0, 0.05) is 29.1 Å². The van der Waals surface area contributed by atoms with E-state index >= 15 is 0 Å². The van der Waals surface area contributed by atoms with Gasteiger partial charge in [0.25, 0.3) is 0 Å². The zero-order chi connectivity index (χ0) is 17.3. The number of hydrogen-bond donors (Lipinski definition) is 1. The van der Waals surface area contributed by atoms with Crippen LogP contribution in [0, 0.1) is 25.5 Å². The largest absolute Gasteiger partial charge is 0.375 e. The maximum atomic E-state index is 13.6. The van der Waals surface area contributed by atoms with Crippen LogP contribution in [0.15, 0.2) is 24.3 Å². The summed E-state index contributed by atoms with van der Waals surface area (Å²) in [5.41, 5.74) is 2.88. The number of nitrogens with zero attached hydrogens (tertiary/aromatic N) is 1. The van der Waals surface area contributed by atoms with Gasteiger partial charge in [-0.25, -0.2) is 8.78 Å². The average molecular weight is 332 g/mol. The Morgan fingerprint density at radius 2 is 1.92 bits per heavy atom. The summed E-state index contributed by atoms with van der Waals surface area (Å²) < 4.78 is 28.8. The molecule has 0 radical (unpaired) electrons. The molecule has 1 aliphatic carbocycles. The number of rotatable bonds is 5. The summed E-state index contributed by atoms with van der Waals surface area (Å²) in [5, 5.41) is 2.76. The topological polar surface area (TPSA) is 34.0 Å². The monoisotopic (exact) mass is 332 g/mol. The fourth-order valence-corrected chi connectivity index (χ4v) is 3.69. The van der Waals surface area contributed by atoms with E-state index in [1.54, 1.807) is 0 Å². The summed E-state index contributed by atoms with van der Waals surface area (Å²) in [6, 6.07) is 5.67. The predicted molar refractivity (Wildman–Crippen MR) is 90.6 cm³/mol. The Balaban J connectivity index is 1.74. The molecule has 0 saturated heterocycles. The van der Waals surface area contributed by atoms with Crippen LogP contribution in [0.4, 0.5) is 14.5 Å². The van der Waals surface area contributed by atoms with Crippen LogP contribution in [0.2, 0.25) is 0 Å². The smallest absolute Gasteiger partial charge is 0.183 e. The number of halogens is 2. The molecule has 0 amide bonds. The van der Waals surface area contributed by atoms with Gasteiger partial charge in [-0.1, -0.05) is 12.8 Å². The van der Waals surface area contributed by atoms with E-state index in [2.05, 4.69) is 9.88 Å². The Morgan fingerprint density at radius 1 is 1.21 bits per heavy atom. The number of anilines is 1. The molecule has 5 heteroatoms. The zero-order valence-corrected chi connectivity index (χ0v) is 14.0. The van der Waals surface area contributed by atoms with Crippen molar-refractivity contribution >= 4 is 11.5 Å². The molecular weight excluding hydrogens is 310 g/mol. The number of nitrogens with one attached hydrogen (secondary N) is 1. The number of carbonyl (C=O) groups is 1. The third-order valence-electron chi connectivity index (χ3n) is 4.85. The SMILES string of the molecule is Cc1cc(C(=O)CNc2ccc(F)cc2F)c(C)n1C1CCCC1. The lowest BCUT2D eigenvalue weighted by molar-refractivity contribution is 0.101. The van der Waals surface area contributed by atoms with Gasteiger partial charge in [0.15, 0.2) is 5.78 Å². The highest BCUT2D eigenvalue weighted by molar-refractivity contribution is 6.00. The first kappa shape index (κ1) is 16.7. The molecule has 1 aromatic carbocycles. The van der Waals surface area contributed by atoms with Crippen LogP contribution in [0.25, 0.3) is 0 Å². The number of benzene rings is 1. The molecule has 1 saturated carbocycles. The van der Waals surface area contributed by atoms with Gasteiger partial charge in [0.1, 0.15) is 11.6 Å². The van der Waals surface area contributed by atoms with E-state index in [4.69, 9.17) is 0 Å². The Labute approximate surface area is 140 Å². The molecule has 0 aliphatic heterocycles. The van der Waals surface area contributed by atoms with E-state index in [1.807, 2.05) is 19.9 Å². The van der Waals surface area contributed by atoms with Crippen molar-refractivity contribution in [3.8, 4) is 0 Å². The lowest BCUT2D eigenvalue weighted by Crippen LogP contribution is -2.16. The number of hydrogen-bond acceptors (Lipinski definition) is 2. The van der Waals surface area contributed by atoms with E-state index in [0.29, 0.717) is 11.6 Å². The zero-order valence-electron chi connectivity index (χ0n) is 14.0. The van der Waals surface area contributed by atoms with Gasteiger partial charge < -0.3 is 9.88 Å². The Morgan fingerprint density at radius 3 is 2.58 bits per heavy atom. The summed E-state index contributed by atoms with van der Waals surface area (Å²) in [6.07, 6.45) is 4.78. The summed E-state index contributed by atoms with van der Waals surface area (Å²) in [5.74, 6) is -1.42. The van der Waals surface area contributed by atoms with E-state index < -0.39 is 11.6 Å². The second kappa shape index (κ2) is 6.75. The number of ketones is 1. The van der Waals surface area contributed by atoms with Gasteiger partial charge in [0.05, 0.1) is 12.2 Å². The second-order valence-electron chi connectivity index (χ2n) is 6.49. The van der Waals surface area contributed by atoms with Crippen LogP contribution < -0.4 is 5.32 Å². The minimum atomic E-state index is -0.695. The first-order valence-corrected chi connectivity index (χ1v) is 8.38. The van der Waals surface area contributed by atoms with Crippen LogP contribution in [-0.2, 0) is 0 Å². The van der Waals surface area contributed by atoms with Crippen molar-refractivity contribution in [2.24, 2.45) is 0 Å². The number of Topliss-reactive ketones (excluding diaryl/α,β-unsaturated/α-hetero) is 1. The van der Waals surface area contributed by atoms with Gasteiger partial charge in [-0.3, -0.25) is 4.79 Å².